The normalized spacial score (nSPS) is 15.7. The van der Waals surface area contributed by atoms with E-state index in [0.717, 1.165) is 11.1 Å². The van der Waals surface area contributed by atoms with Gasteiger partial charge in [-0.25, -0.2) is 19.2 Å². The van der Waals surface area contributed by atoms with Crippen LogP contribution in [-0.4, -0.2) is 50.3 Å². The molecule has 0 saturated carbocycles. The number of nitrogens with zero attached hydrogens (tertiary/aromatic N) is 1. The number of carbonyl (C=O) groups excluding carboxylic acids is 4. The number of carbonyl (C=O) groups is 4. The molecule has 2 aromatic carbocycles. The Hall–Kier alpha value is -4.40. The maximum absolute atomic E-state index is 13.6. The second-order valence-corrected chi connectivity index (χ2v) is 8.27. The Bertz CT molecular complexity index is 1250. The van der Waals surface area contributed by atoms with Crippen molar-refractivity contribution in [3.63, 3.8) is 0 Å². The first kappa shape index (κ1) is 26.7. The standard InChI is InChI=1S/C29H29NO8/c1-5-35-26(31)21-22(27(32)36-6-2)24-19-15-10-9-13-17(19)18-14-11-12-16-20(18)30(24)25(29(34)38-8-4)23(21)28(33)37-7-3/h9-16,24H,5-8H2,1-4H3. The summed E-state index contributed by atoms with van der Waals surface area (Å²) in [4.78, 5) is 55.8. The van der Waals surface area contributed by atoms with E-state index < -0.39 is 35.5 Å². The number of ether oxygens (including phenoxy) is 4. The fourth-order valence-electron chi connectivity index (χ4n) is 4.85. The fourth-order valence-corrected chi connectivity index (χ4v) is 4.85. The number of para-hydroxylation sites is 1. The van der Waals surface area contributed by atoms with Crippen LogP contribution in [0.1, 0.15) is 39.3 Å². The summed E-state index contributed by atoms with van der Waals surface area (Å²) in [5.41, 5.74) is 1.65. The fraction of sp³-hybridized carbons (Fsp3) is 0.310. The van der Waals surface area contributed by atoms with Crippen molar-refractivity contribution in [1.82, 2.24) is 0 Å². The summed E-state index contributed by atoms with van der Waals surface area (Å²) < 4.78 is 21.4. The maximum atomic E-state index is 13.6. The van der Waals surface area contributed by atoms with Gasteiger partial charge in [-0.2, -0.15) is 0 Å². The highest BCUT2D eigenvalue weighted by molar-refractivity contribution is 6.19. The number of fused-ring (bicyclic) bond motifs is 6. The zero-order valence-corrected chi connectivity index (χ0v) is 21.7. The summed E-state index contributed by atoms with van der Waals surface area (Å²) in [5.74, 6) is -3.57. The molecule has 0 spiro atoms. The van der Waals surface area contributed by atoms with Gasteiger partial charge < -0.3 is 23.8 Å². The summed E-state index contributed by atoms with van der Waals surface area (Å²) in [6.45, 7) is 6.44. The van der Waals surface area contributed by atoms with Crippen LogP contribution in [0.2, 0.25) is 0 Å². The van der Waals surface area contributed by atoms with E-state index in [2.05, 4.69) is 0 Å². The van der Waals surface area contributed by atoms with Crippen molar-refractivity contribution < 1.29 is 38.1 Å². The molecule has 198 valence electrons. The predicted octanol–water partition coefficient (Wildman–Crippen LogP) is 4.03. The lowest BCUT2D eigenvalue weighted by atomic mass is 9.78. The zero-order valence-electron chi connectivity index (χ0n) is 21.7. The molecule has 0 radical (unpaired) electrons. The number of hydrogen-bond donors (Lipinski definition) is 0. The first-order chi connectivity index (χ1) is 18.4. The van der Waals surface area contributed by atoms with Gasteiger partial charge in [0.05, 0.1) is 49.3 Å². The number of benzene rings is 2. The molecule has 2 heterocycles. The van der Waals surface area contributed by atoms with Gasteiger partial charge in [0.1, 0.15) is 11.3 Å². The quantitative estimate of drug-likeness (QED) is 0.377. The van der Waals surface area contributed by atoms with Gasteiger partial charge in [-0.1, -0.05) is 42.5 Å². The van der Waals surface area contributed by atoms with Gasteiger partial charge in [0.2, 0.25) is 0 Å². The molecule has 0 fully saturated rings. The molecule has 0 amide bonds. The van der Waals surface area contributed by atoms with Gasteiger partial charge in [-0.05, 0) is 44.9 Å². The van der Waals surface area contributed by atoms with Crippen LogP contribution in [0.15, 0.2) is 70.9 Å². The molecule has 1 unspecified atom stereocenters. The van der Waals surface area contributed by atoms with Crippen molar-refractivity contribution in [1.29, 1.82) is 0 Å². The molecule has 4 rings (SSSR count). The summed E-state index contributed by atoms with van der Waals surface area (Å²) >= 11 is 0. The molecule has 2 aromatic rings. The van der Waals surface area contributed by atoms with Gasteiger partial charge in [0.25, 0.3) is 0 Å². The van der Waals surface area contributed by atoms with Crippen LogP contribution in [0.3, 0.4) is 0 Å². The second-order valence-electron chi connectivity index (χ2n) is 8.27. The molecule has 2 aliphatic heterocycles. The Labute approximate surface area is 220 Å². The lowest BCUT2D eigenvalue weighted by Gasteiger charge is -2.44. The zero-order chi connectivity index (χ0) is 27.4. The Kier molecular flexibility index (Phi) is 7.95. The third-order valence-corrected chi connectivity index (χ3v) is 6.16. The van der Waals surface area contributed by atoms with Crippen LogP contribution in [0, 0.1) is 0 Å². The van der Waals surface area contributed by atoms with Crippen LogP contribution in [0.5, 0.6) is 0 Å². The monoisotopic (exact) mass is 519 g/mol. The van der Waals surface area contributed by atoms with Crippen LogP contribution < -0.4 is 4.90 Å². The second kappa shape index (κ2) is 11.3. The van der Waals surface area contributed by atoms with E-state index in [-0.39, 0.29) is 43.3 Å². The van der Waals surface area contributed by atoms with E-state index in [0.29, 0.717) is 11.3 Å². The van der Waals surface area contributed by atoms with Gasteiger partial charge in [-0.3, -0.25) is 0 Å². The summed E-state index contributed by atoms with van der Waals surface area (Å²) in [7, 11) is 0. The van der Waals surface area contributed by atoms with Crippen molar-refractivity contribution in [3.05, 3.63) is 76.5 Å². The average molecular weight is 520 g/mol. The minimum atomic E-state index is -0.989. The molecule has 1 atom stereocenters. The molecular weight excluding hydrogens is 490 g/mol. The van der Waals surface area contributed by atoms with Crippen molar-refractivity contribution in [2.24, 2.45) is 0 Å². The molecule has 0 bridgehead atoms. The smallest absolute Gasteiger partial charge is 0.355 e. The number of hydrogen-bond acceptors (Lipinski definition) is 9. The highest BCUT2D eigenvalue weighted by atomic mass is 16.5. The Morgan fingerprint density at radius 2 is 1.13 bits per heavy atom. The summed E-state index contributed by atoms with van der Waals surface area (Å²) in [6, 6.07) is 13.7. The van der Waals surface area contributed by atoms with E-state index in [4.69, 9.17) is 18.9 Å². The van der Waals surface area contributed by atoms with E-state index in [1.165, 1.54) is 0 Å². The van der Waals surface area contributed by atoms with E-state index in [1.54, 1.807) is 50.8 Å². The van der Waals surface area contributed by atoms with Crippen molar-refractivity contribution in [3.8, 4) is 11.1 Å². The topological polar surface area (TPSA) is 108 Å². The maximum Gasteiger partial charge on any atom is 0.355 e. The van der Waals surface area contributed by atoms with Gasteiger partial charge >= 0.3 is 23.9 Å². The molecule has 0 saturated heterocycles. The highest BCUT2D eigenvalue weighted by Crippen LogP contribution is 2.53. The lowest BCUT2D eigenvalue weighted by Crippen LogP contribution is -2.45. The van der Waals surface area contributed by atoms with Gasteiger partial charge in [0, 0.05) is 5.56 Å². The third-order valence-electron chi connectivity index (χ3n) is 6.16. The molecule has 9 nitrogen and oxygen atoms in total. The SMILES string of the molecule is CCOC(=O)C1=C(C(=O)OCC)C2c3ccccc3-c3ccccc3N2C(C(=O)OCC)=C1C(=O)OCC. The molecular formula is C29H29NO8. The molecule has 2 aliphatic rings. The largest absolute Gasteiger partial charge is 0.463 e. The van der Waals surface area contributed by atoms with E-state index in [9.17, 15) is 19.2 Å². The summed E-state index contributed by atoms with van der Waals surface area (Å²) in [6.07, 6.45) is 0. The molecule has 0 aliphatic carbocycles. The minimum Gasteiger partial charge on any atom is -0.463 e. The number of anilines is 1. The Morgan fingerprint density at radius 3 is 1.76 bits per heavy atom. The summed E-state index contributed by atoms with van der Waals surface area (Å²) in [5, 5.41) is 0. The highest BCUT2D eigenvalue weighted by Gasteiger charge is 2.50. The average Bonchev–Trinajstić information content (AvgIpc) is 2.92. The number of esters is 4. The Balaban J connectivity index is 2.20. The number of rotatable bonds is 8. The third kappa shape index (κ3) is 4.44. The van der Waals surface area contributed by atoms with Crippen molar-refractivity contribution in [2.75, 3.05) is 31.3 Å². The van der Waals surface area contributed by atoms with Gasteiger partial charge in [-0.15, -0.1) is 0 Å². The van der Waals surface area contributed by atoms with Crippen molar-refractivity contribution >= 4 is 29.6 Å². The first-order valence-electron chi connectivity index (χ1n) is 12.6. The van der Waals surface area contributed by atoms with Gasteiger partial charge in [0.15, 0.2) is 0 Å². The Morgan fingerprint density at radius 1 is 0.632 bits per heavy atom. The van der Waals surface area contributed by atoms with Crippen LogP contribution in [0.25, 0.3) is 11.1 Å². The van der Waals surface area contributed by atoms with Crippen LogP contribution in [-0.2, 0) is 38.1 Å². The molecule has 0 aromatic heterocycles. The molecule has 38 heavy (non-hydrogen) atoms. The first-order valence-corrected chi connectivity index (χ1v) is 12.6. The van der Waals surface area contributed by atoms with E-state index >= 15 is 0 Å². The van der Waals surface area contributed by atoms with E-state index in [1.807, 2.05) is 30.3 Å². The van der Waals surface area contributed by atoms with Crippen LogP contribution in [0.4, 0.5) is 5.69 Å². The predicted molar refractivity (Wildman–Crippen MR) is 138 cm³/mol. The minimum absolute atomic E-state index is 0.0123. The molecule has 0 N–H and O–H groups in total. The van der Waals surface area contributed by atoms with Crippen molar-refractivity contribution in [2.45, 2.75) is 33.7 Å². The molecule has 9 heteroatoms. The lowest BCUT2D eigenvalue weighted by molar-refractivity contribution is -0.144. The van der Waals surface area contributed by atoms with Crippen LogP contribution >= 0.6 is 0 Å².